The second kappa shape index (κ2) is 9.20. The summed E-state index contributed by atoms with van der Waals surface area (Å²) in [5.41, 5.74) is 3.89. The van der Waals surface area contributed by atoms with Crippen LogP contribution in [-0.2, 0) is 21.2 Å². The first-order chi connectivity index (χ1) is 13.4. The number of carbonyl (C=O) groups excluding carboxylic acids is 1. The maximum atomic E-state index is 12.6. The van der Waals surface area contributed by atoms with Crippen molar-refractivity contribution in [2.75, 3.05) is 19.6 Å². The van der Waals surface area contributed by atoms with Gasteiger partial charge in [-0.3, -0.25) is 4.79 Å². The monoisotopic (exact) mass is 420 g/mol. The number of amides is 1. The van der Waals surface area contributed by atoms with Crippen LogP contribution < -0.4 is 5.32 Å². The van der Waals surface area contributed by atoms with E-state index < -0.39 is 10.0 Å². The van der Waals surface area contributed by atoms with Gasteiger partial charge >= 0.3 is 0 Å². The van der Waals surface area contributed by atoms with Gasteiger partial charge in [0.25, 0.3) is 10.0 Å². The molecule has 1 aliphatic heterocycles. The number of hydrogen-bond acceptors (Lipinski definition) is 4. The molecular formula is C21H28N2O3S2. The molecular weight excluding hydrogens is 392 g/mol. The molecule has 0 spiro atoms. The molecule has 152 valence electrons. The van der Waals surface area contributed by atoms with Crippen LogP contribution >= 0.6 is 11.3 Å². The molecule has 2 heterocycles. The average molecular weight is 421 g/mol. The summed E-state index contributed by atoms with van der Waals surface area (Å²) in [7, 11) is -3.41. The van der Waals surface area contributed by atoms with Crippen LogP contribution in [0.4, 0.5) is 0 Å². The molecule has 0 bridgehead atoms. The predicted molar refractivity (Wildman–Crippen MR) is 113 cm³/mol. The quantitative estimate of drug-likeness (QED) is 0.697. The smallest absolute Gasteiger partial charge is 0.252 e. The lowest BCUT2D eigenvalue weighted by molar-refractivity contribution is -0.126. The van der Waals surface area contributed by atoms with Crippen molar-refractivity contribution in [1.82, 2.24) is 9.62 Å². The molecule has 1 aromatic carbocycles. The summed E-state index contributed by atoms with van der Waals surface area (Å²) in [4.78, 5) is 12.4. The first-order valence-corrected chi connectivity index (χ1v) is 12.1. The van der Waals surface area contributed by atoms with E-state index in [1.807, 2.05) is 0 Å². The fourth-order valence-electron chi connectivity index (χ4n) is 3.66. The van der Waals surface area contributed by atoms with E-state index in [1.165, 1.54) is 32.3 Å². The van der Waals surface area contributed by atoms with Gasteiger partial charge in [-0.25, -0.2) is 8.42 Å². The highest BCUT2D eigenvalue weighted by Gasteiger charge is 2.32. The number of carbonyl (C=O) groups is 1. The molecule has 28 heavy (non-hydrogen) atoms. The third-order valence-corrected chi connectivity index (χ3v) is 8.61. The van der Waals surface area contributed by atoms with Gasteiger partial charge in [0.1, 0.15) is 4.21 Å². The number of rotatable bonds is 7. The molecule has 0 saturated carbocycles. The maximum Gasteiger partial charge on any atom is 0.252 e. The van der Waals surface area contributed by atoms with Crippen molar-refractivity contribution in [1.29, 1.82) is 0 Å². The van der Waals surface area contributed by atoms with Crippen molar-refractivity contribution in [2.45, 2.75) is 43.7 Å². The minimum Gasteiger partial charge on any atom is -0.356 e. The summed E-state index contributed by atoms with van der Waals surface area (Å²) in [5, 5.41) is 4.80. The average Bonchev–Trinajstić information content (AvgIpc) is 3.22. The molecule has 1 fully saturated rings. The van der Waals surface area contributed by atoms with E-state index in [-0.39, 0.29) is 11.8 Å². The summed E-state index contributed by atoms with van der Waals surface area (Å²) >= 11 is 1.24. The van der Waals surface area contributed by atoms with E-state index in [1.54, 1.807) is 17.5 Å². The van der Waals surface area contributed by atoms with Crippen LogP contribution in [0, 0.1) is 19.8 Å². The SMILES string of the molecule is Cc1ccc(CCCNC(=O)C2CCN(S(=O)(=O)c3cccs3)CC2)c(C)c1. The van der Waals surface area contributed by atoms with Gasteiger partial charge in [-0.2, -0.15) is 4.31 Å². The van der Waals surface area contributed by atoms with Crippen LogP contribution in [0.15, 0.2) is 39.9 Å². The normalized spacial score (nSPS) is 16.2. The molecule has 0 radical (unpaired) electrons. The summed E-state index contributed by atoms with van der Waals surface area (Å²) in [6, 6.07) is 9.85. The molecule has 7 heteroatoms. The summed E-state index contributed by atoms with van der Waals surface area (Å²) < 4.78 is 27.0. The Morgan fingerprint density at radius 3 is 2.61 bits per heavy atom. The van der Waals surface area contributed by atoms with E-state index >= 15 is 0 Å². The number of thiophene rings is 1. The molecule has 0 atom stereocenters. The second-order valence-corrected chi connectivity index (χ2v) is 10.5. The molecule has 1 amide bonds. The Kier molecular flexibility index (Phi) is 6.91. The Labute approximate surface area is 171 Å². The van der Waals surface area contributed by atoms with Crippen LogP contribution in [0.3, 0.4) is 0 Å². The maximum absolute atomic E-state index is 12.6. The van der Waals surface area contributed by atoms with Gasteiger partial charge < -0.3 is 5.32 Å². The van der Waals surface area contributed by atoms with Crippen molar-refractivity contribution in [3.63, 3.8) is 0 Å². The van der Waals surface area contributed by atoms with Gasteiger partial charge in [-0.05, 0) is 62.1 Å². The number of piperidine rings is 1. The Bertz CT molecular complexity index is 900. The summed E-state index contributed by atoms with van der Waals surface area (Å²) in [6.07, 6.45) is 3.01. The molecule has 1 saturated heterocycles. The number of hydrogen-bond donors (Lipinski definition) is 1. The molecule has 0 unspecified atom stereocenters. The topological polar surface area (TPSA) is 66.5 Å². The number of sulfonamides is 1. The van der Waals surface area contributed by atoms with E-state index in [2.05, 4.69) is 37.4 Å². The van der Waals surface area contributed by atoms with E-state index in [0.717, 1.165) is 12.8 Å². The van der Waals surface area contributed by atoms with Crippen molar-refractivity contribution in [3.8, 4) is 0 Å². The largest absolute Gasteiger partial charge is 0.356 e. The highest BCUT2D eigenvalue weighted by Crippen LogP contribution is 2.26. The van der Waals surface area contributed by atoms with Crippen LogP contribution in [0.2, 0.25) is 0 Å². The lowest BCUT2D eigenvalue weighted by atomic mass is 9.97. The number of nitrogens with one attached hydrogen (secondary N) is 1. The van der Waals surface area contributed by atoms with Crippen LogP contribution in [0.5, 0.6) is 0 Å². The van der Waals surface area contributed by atoms with E-state index in [0.29, 0.717) is 36.7 Å². The molecule has 5 nitrogen and oxygen atoms in total. The lowest BCUT2D eigenvalue weighted by Crippen LogP contribution is -2.43. The summed E-state index contributed by atoms with van der Waals surface area (Å²) in [5.74, 6) is -0.0512. The highest BCUT2D eigenvalue weighted by molar-refractivity contribution is 7.91. The van der Waals surface area contributed by atoms with Crippen molar-refractivity contribution < 1.29 is 13.2 Å². The fraction of sp³-hybridized carbons (Fsp3) is 0.476. The molecule has 1 aliphatic rings. The summed E-state index contributed by atoms with van der Waals surface area (Å²) in [6.45, 7) is 5.68. The first kappa shape index (κ1) is 21.0. The minimum atomic E-state index is -3.41. The fourth-order valence-corrected chi connectivity index (χ4v) is 6.27. The highest BCUT2D eigenvalue weighted by atomic mass is 32.2. The number of nitrogens with zero attached hydrogens (tertiary/aromatic N) is 1. The predicted octanol–water partition coefficient (Wildman–Crippen LogP) is 3.51. The Hall–Kier alpha value is -1.70. The van der Waals surface area contributed by atoms with Gasteiger partial charge in [0.2, 0.25) is 5.91 Å². The zero-order valence-electron chi connectivity index (χ0n) is 16.5. The van der Waals surface area contributed by atoms with E-state index in [4.69, 9.17) is 0 Å². The first-order valence-electron chi connectivity index (χ1n) is 9.75. The number of aryl methyl sites for hydroxylation is 3. The van der Waals surface area contributed by atoms with Crippen molar-refractivity contribution in [3.05, 3.63) is 52.4 Å². The molecule has 1 N–H and O–H groups in total. The Morgan fingerprint density at radius 1 is 1.21 bits per heavy atom. The second-order valence-electron chi connectivity index (χ2n) is 7.43. The Morgan fingerprint density at radius 2 is 1.96 bits per heavy atom. The van der Waals surface area contributed by atoms with Gasteiger partial charge in [0, 0.05) is 25.6 Å². The minimum absolute atomic E-state index is 0.0498. The van der Waals surface area contributed by atoms with Crippen LogP contribution in [0.25, 0.3) is 0 Å². The van der Waals surface area contributed by atoms with Crippen LogP contribution in [-0.4, -0.2) is 38.3 Å². The van der Waals surface area contributed by atoms with Crippen molar-refractivity contribution >= 4 is 27.3 Å². The van der Waals surface area contributed by atoms with Crippen LogP contribution in [0.1, 0.15) is 36.0 Å². The number of benzene rings is 1. The molecule has 0 aliphatic carbocycles. The zero-order valence-corrected chi connectivity index (χ0v) is 18.1. The third-order valence-electron chi connectivity index (χ3n) is 5.33. The van der Waals surface area contributed by atoms with Crippen molar-refractivity contribution in [2.24, 2.45) is 5.92 Å². The molecule has 3 rings (SSSR count). The van der Waals surface area contributed by atoms with Gasteiger partial charge in [0.05, 0.1) is 0 Å². The zero-order chi connectivity index (χ0) is 20.1. The standard InChI is InChI=1S/C21H28N2O3S2/c1-16-7-8-18(17(2)15-16)5-3-11-22-21(24)19-9-12-23(13-10-19)28(25,26)20-6-4-14-27-20/h4,6-8,14-15,19H,3,5,9-13H2,1-2H3,(H,22,24). The lowest BCUT2D eigenvalue weighted by Gasteiger charge is -2.30. The van der Waals surface area contributed by atoms with Gasteiger partial charge in [0.15, 0.2) is 0 Å². The third kappa shape index (κ3) is 5.01. The van der Waals surface area contributed by atoms with Gasteiger partial charge in [-0.15, -0.1) is 11.3 Å². The molecule has 2 aromatic rings. The van der Waals surface area contributed by atoms with E-state index in [9.17, 15) is 13.2 Å². The molecule has 1 aromatic heterocycles. The van der Waals surface area contributed by atoms with Gasteiger partial charge in [-0.1, -0.05) is 29.8 Å². The Balaban J connectivity index is 1.42.